The second-order valence-electron chi connectivity index (χ2n) is 9.53. The van der Waals surface area contributed by atoms with Gasteiger partial charge in [-0.1, -0.05) is 80.8 Å². The average Bonchev–Trinajstić information content (AvgIpc) is 3.57. The maximum Gasteiger partial charge on any atom is 0.353 e. The number of rotatable bonds is 8. The molecule has 1 N–H and O–H groups in total. The van der Waals surface area contributed by atoms with Crippen LogP contribution in [0, 0.1) is 5.92 Å². The van der Waals surface area contributed by atoms with E-state index in [4.69, 9.17) is 0 Å². The van der Waals surface area contributed by atoms with Crippen molar-refractivity contribution in [1.29, 1.82) is 0 Å². The Bertz CT molecular complexity index is 1430. The van der Waals surface area contributed by atoms with Crippen LogP contribution in [-0.4, -0.2) is 40.9 Å². The SMILES string of the molecule is CCC=Cc1nn(C(=O)CC2CCCCC2)c(=O)n1Cc1ccc(-c2ccccc2-c2nn[nH]n2)cc1. The fourth-order valence-corrected chi connectivity index (χ4v) is 4.97. The van der Waals surface area contributed by atoms with E-state index < -0.39 is 0 Å². The van der Waals surface area contributed by atoms with Crippen LogP contribution in [0.25, 0.3) is 28.6 Å². The predicted molar refractivity (Wildman–Crippen MR) is 142 cm³/mol. The van der Waals surface area contributed by atoms with Crippen molar-refractivity contribution in [3.05, 3.63) is 76.5 Å². The van der Waals surface area contributed by atoms with Crippen molar-refractivity contribution in [1.82, 2.24) is 35.0 Å². The number of benzene rings is 2. The molecule has 4 aromatic rings. The molecule has 0 unspecified atom stereocenters. The number of carbonyl (C=O) groups excluding carboxylic acids is 1. The van der Waals surface area contributed by atoms with Gasteiger partial charge in [-0.3, -0.25) is 9.36 Å². The average molecular weight is 498 g/mol. The second kappa shape index (κ2) is 11.3. The van der Waals surface area contributed by atoms with E-state index >= 15 is 0 Å². The van der Waals surface area contributed by atoms with Crippen LogP contribution in [0.3, 0.4) is 0 Å². The molecule has 190 valence electrons. The lowest BCUT2D eigenvalue weighted by Crippen LogP contribution is -2.31. The van der Waals surface area contributed by atoms with E-state index in [2.05, 4.69) is 25.7 Å². The Balaban J connectivity index is 1.40. The van der Waals surface area contributed by atoms with Gasteiger partial charge in [-0.15, -0.1) is 20.0 Å². The Morgan fingerprint density at radius 2 is 1.81 bits per heavy atom. The van der Waals surface area contributed by atoms with Gasteiger partial charge < -0.3 is 0 Å². The molecule has 2 aromatic heterocycles. The standard InChI is InChI=1S/C28H31N7O2/c1-2-3-13-25-31-35(26(36)18-20-9-5-4-6-10-20)28(37)34(25)19-21-14-16-22(17-15-21)23-11-7-8-12-24(23)27-29-32-33-30-27/h3,7-8,11-17,20H,2,4-6,9-10,18-19H2,1H3,(H,29,30,32,33). The molecule has 2 heterocycles. The molecule has 0 aliphatic heterocycles. The van der Waals surface area contributed by atoms with Gasteiger partial charge in [-0.25, -0.2) is 4.79 Å². The first-order valence-corrected chi connectivity index (χ1v) is 13.0. The third-order valence-electron chi connectivity index (χ3n) is 6.94. The van der Waals surface area contributed by atoms with E-state index in [1.54, 1.807) is 4.57 Å². The van der Waals surface area contributed by atoms with Crippen molar-refractivity contribution in [3.8, 4) is 22.5 Å². The minimum absolute atomic E-state index is 0.213. The topological polar surface area (TPSA) is 111 Å². The molecular formula is C28H31N7O2. The summed E-state index contributed by atoms with van der Waals surface area (Å²) in [4.78, 5) is 26.3. The number of tetrazole rings is 1. The Kier molecular flexibility index (Phi) is 7.49. The van der Waals surface area contributed by atoms with Crippen molar-refractivity contribution >= 4 is 12.0 Å². The number of nitrogens with zero attached hydrogens (tertiary/aromatic N) is 6. The molecule has 0 atom stereocenters. The highest BCUT2D eigenvalue weighted by atomic mass is 16.2. The monoisotopic (exact) mass is 497 g/mol. The molecule has 0 spiro atoms. The zero-order valence-electron chi connectivity index (χ0n) is 21.0. The van der Waals surface area contributed by atoms with Crippen molar-refractivity contribution in [2.75, 3.05) is 0 Å². The molecule has 37 heavy (non-hydrogen) atoms. The van der Waals surface area contributed by atoms with Gasteiger partial charge in [0.05, 0.1) is 6.54 Å². The van der Waals surface area contributed by atoms with Gasteiger partial charge in [0.25, 0.3) is 5.91 Å². The second-order valence-corrected chi connectivity index (χ2v) is 9.53. The van der Waals surface area contributed by atoms with E-state index in [1.807, 2.05) is 67.6 Å². The first-order chi connectivity index (χ1) is 18.1. The molecular weight excluding hydrogens is 466 g/mol. The number of allylic oxidation sites excluding steroid dienone is 1. The summed E-state index contributed by atoms with van der Waals surface area (Å²) in [6.45, 7) is 2.35. The molecule has 0 amide bonds. The van der Waals surface area contributed by atoms with Crippen molar-refractivity contribution < 1.29 is 4.79 Å². The molecule has 9 nitrogen and oxygen atoms in total. The van der Waals surface area contributed by atoms with Gasteiger partial charge in [0.2, 0.25) is 5.82 Å². The quantitative estimate of drug-likeness (QED) is 0.368. The molecule has 5 rings (SSSR count). The van der Waals surface area contributed by atoms with Gasteiger partial charge in [-0.2, -0.15) is 5.21 Å². The van der Waals surface area contributed by atoms with Gasteiger partial charge in [0.15, 0.2) is 5.82 Å². The van der Waals surface area contributed by atoms with Crippen LogP contribution in [-0.2, 0) is 6.54 Å². The van der Waals surface area contributed by atoms with Crippen LogP contribution in [0.4, 0.5) is 0 Å². The van der Waals surface area contributed by atoms with Crippen LogP contribution >= 0.6 is 0 Å². The Hall–Kier alpha value is -4.14. The number of hydrogen-bond donors (Lipinski definition) is 1. The summed E-state index contributed by atoms with van der Waals surface area (Å²) in [5, 5.41) is 18.8. The minimum Gasteiger partial charge on any atom is -0.272 e. The molecule has 1 aliphatic carbocycles. The third-order valence-corrected chi connectivity index (χ3v) is 6.94. The van der Waals surface area contributed by atoms with Crippen LogP contribution in [0.15, 0.2) is 59.4 Å². The lowest BCUT2D eigenvalue weighted by atomic mass is 9.87. The summed E-state index contributed by atoms with van der Waals surface area (Å²) in [6.07, 6.45) is 10.6. The van der Waals surface area contributed by atoms with E-state index in [0.717, 1.165) is 59.0 Å². The van der Waals surface area contributed by atoms with Crippen molar-refractivity contribution in [3.63, 3.8) is 0 Å². The largest absolute Gasteiger partial charge is 0.353 e. The molecule has 0 saturated heterocycles. The van der Waals surface area contributed by atoms with Crippen LogP contribution < -0.4 is 5.69 Å². The summed E-state index contributed by atoms with van der Waals surface area (Å²) < 4.78 is 2.65. The highest BCUT2D eigenvalue weighted by molar-refractivity contribution is 5.80. The summed E-state index contributed by atoms with van der Waals surface area (Å²) in [5.41, 5.74) is 3.42. The summed E-state index contributed by atoms with van der Waals surface area (Å²) in [7, 11) is 0. The fourth-order valence-electron chi connectivity index (χ4n) is 4.97. The van der Waals surface area contributed by atoms with Crippen LogP contribution in [0.5, 0.6) is 0 Å². The van der Waals surface area contributed by atoms with E-state index in [9.17, 15) is 9.59 Å². The van der Waals surface area contributed by atoms with Gasteiger partial charge >= 0.3 is 5.69 Å². The van der Waals surface area contributed by atoms with Gasteiger partial charge in [0, 0.05) is 12.0 Å². The molecule has 2 aromatic carbocycles. The van der Waals surface area contributed by atoms with Crippen LogP contribution in [0.1, 0.15) is 68.1 Å². The number of hydrogen-bond acceptors (Lipinski definition) is 6. The third kappa shape index (κ3) is 5.50. The highest BCUT2D eigenvalue weighted by Gasteiger charge is 2.22. The zero-order valence-corrected chi connectivity index (χ0v) is 21.0. The zero-order chi connectivity index (χ0) is 25.6. The fraction of sp³-hybridized carbons (Fsp3) is 0.357. The van der Waals surface area contributed by atoms with Crippen molar-refractivity contribution in [2.24, 2.45) is 5.92 Å². The smallest absolute Gasteiger partial charge is 0.272 e. The summed E-state index contributed by atoms with van der Waals surface area (Å²) in [5.74, 6) is 1.16. The highest BCUT2D eigenvalue weighted by Crippen LogP contribution is 2.30. The van der Waals surface area contributed by atoms with E-state index in [0.29, 0.717) is 30.5 Å². The predicted octanol–water partition coefficient (Wildman–Crippen LogP) is 4.97. The van der Waals surface area contributed by atoms with E-state index in [1.165, 1.54) is 6.42 Å². The maximum absolute atomic E-state index is 13.3. The van der Waals surface area contributed by atoms with Gasteiger partial charge in [-0.05, 0) is 53.2 Å². The normalized spacial score (nSPS) is 14.4. The van der Waals surface area contributed by atoms with Crippen LogP contribution in [0.2, 0.25) is 0 Å². The Labute approximate surface area is 215 Å². The number of aromatic amines is 1. The first kappa shape index (κ1) is 24.5. The first-order valence-electron chi connectivity index (χ1n) is 13.0. The van der Waals surface area contributed by atoms with Gasteiger partial charge in [0.1, 0.15) is 0 Å². The minimum atomic E-state index is -0.386. The van der Waals surface area contributed by atoms with E-state index in [-0.39, 0.29) is 11.6 Å². The summed E-state index contributed by atoms with van der Waals surface area (Å²) >= 11 is 0. The molecule has 0 radical (unpaired) electrons. The number of aromatic nitrogens is 7. The Morgan fingerprint density at radius 1 is 1.05 bits per heavy atom. The number of carbonyl (C=O) groups is 1. The Morgan fingerprint density at radius 3 is 2.51 bits per heavy atom. The molecule has 1 fully saturated rings. The molecule has 0 bridgehead atoms. The summed E-state index contributed by atoms with van der Waals surface area (Å²) in [6, 6.07) is 15.9. The van der Waals surface area contributed by atoms with Crippen molar-refractivity contribution in [2.45, 2.75) is 58.4 Å². The lowest BCUT2D eigenvalue weighted by molar-refractivity contribution is 0.0846. The molecule has 9 heteroatoms. The molecule has 1 aliphatic rings. The number of nitrogens with one attached hydrogen (secondary N) is 1. The number of H-pyrrole nitrogens is 1. The lowest BCUT2D eigenvalue weighted by Gasteiger charge is -2.20. The maximum atomic E-state index is 13.3. The molecule has 1 saturated carbocycles.